The molecular formula is C33H41F3N6O2. The quantitative estimate of drug-likeness (QED) is 0.402. The van der Waals surface area contributed by atoms with Crippen LogP contribution in [-0.2, 0) is 11.9 Å². The molecular weight excluding hydrogens is 569 g/mol. The Bertz CT molecular complexity index is 1540. The van der Waals surface area contributed by atoms with Gasteiger partial charge in [-0.2, -0.15) is 18.3 Å². The summed E-state index contributed by atoms with van der Waals surface area (Å²) in [5.41, 5.74) is -0.908. The number of halogens is 3. The molecule has 11 heteroatoms. The summed E-state index contributed by atoms with van der Waals surface area (Å²) < 4.78 is 41.6. The molecule has 1 aromatic carbocycles. The second-order valence-corrected chi connectivity index (χ2v) is 13.9. The van der Waals surface area contributed by atoms with E-state index in [-0.39, 0.29) is 11.7 Å². The number of nitrogens with zero attached hydrogens (tertiary/aromatic N) is 6. The molecule has 1 spiro atoms. The summed E-state index contributed by atoms with van der Waals surface area (Å²) in [6, 6.07) is 7.04. The van der Waals surface area contributed by atoms with Crippen molar-refractivity contribution in [1.82, 2.24) is 24.6 Å². The van der Waals surface area contributed by atoms with Gasteiger partial charge in [0.25, 0.3) is 5.91 Å². The second-order valence-electron chi connectivity index (χ2n) is 13.9. The molecule has 0 bridgehead atoms. The Morgan fingerprint density at radius 2 is 1.73 bits per heavy atom. The molecule has 1 aliphatic carbocycles. The summed E-state index contributed by atoms with van der Waals surface area (Å²) >= 11 is 0. The molecule has 2 saturated heterocycles. The van der Waals surface area contributed by atoms with Gasteiger partial charge in [0.15, 0.2) is 5.72 Å². The van der Waals surface area contributed by atoms with Crippen LogP contribution in [0.3, 0.4) is 0 Å². The van der Waals surface area contributed by atoms with Gasteiger partial charge in [-0.25, -0.2) is 4.98 Å². The molecule has 3 fully saturated rings. The predicted molar refractivity (Wildman–Crippen MR) is 161 cm³/mol. The number of aliphatic hydroxyl groups is 1. The Labute approximate surface area is 255 Å². The molecule has 1 unspecified atom stereocenters. The molecule has 1 amide bonds. The topological polar surface area (TPSA) is 77.7 Å². The van der Waals surface area contributed by atoms with Crippen LogP contribution in [-0.4, -0.2) is 75.3 Å². The zero-order valence-corrected chi connectivity index (χ0v) is 25.5. The maximum atomic E-state index is 13.2. The van der Waals surface area contributed by atoms with Crippen molar-refractivity contribution in [2.24, 2.45) is 11.3 Å². The smallest absolute Gasteiger partial charge is 0.366 e. The number of rotatable bonds is 4. The maximum absolute atomic E-state index is 13.2. The molecule has 5 heterocycles. The summed E-state index contributed by atoms with van der Waals surface area (Å²) in [4.78, 5) is 23.0. The van der Waals surface area contributed by atoms with E-state index in [1.165, 1.54) is 71.1 Å². The number of amides is 1. The molecule has 3 aliphatic heterocycles. The number of alkyl halides is 3. The van der Waals surface area contributed by atoms with Gasteiger partial charge in [0, 0.05) is 36.8 Å². The predicted octanol–water partition coefficient (Wildman–Crippen LogP) is 5.81. The number of pyridine rings is 1. The molecule has 7 rings (SSSR count). The highest BCUT2D eigenvalue weighted by Crippen LogP contribution is 2.49. The number of carbonyl (C=O) groups is 1. The van der Waals surface area contributed by atoms with Gasteiger partial charge in [-0.05, 0) is 114 Å². The van der Waals surface area contributed by atoms with Crippen LogP contribution in [0.25, 0.3) is 10.9 Å². The fraction of sp³-hybridized carbons (Fsp3) is 0.606. The van der Waals surface area contributed by atoms with Crippen molar-refractivity contribution in [2.75, 3.05) is 44.7 Å². The number of anilines is 1. The van der Waals surface area contributed by atoms with E-state index >= 15 is 0 Å². The van der Waals surface area contributed by atoms with Gasteiger partial charge in [0.05, 0.1) is 17.2 Å². The van der Waals surface area contributed by atoms with Gasteiger partial charge in [-0.1, -0.05) is 6.07 Å². The van der Waals surface area contributed by atoms with Crippen LogP contribution in [0.5, 0.6) is 0 Å². The zero-order chi connectivity index (χ0) is 30.9. The fourth-order valence-electron chi connectivity index (χ4n) is 8.06. The third kappa shape index (κ3) is 5.30. The van der Waals surface area contributed by atoms with E-state index in [4.69, 9.17) is 5.10 Å². The Hall–Kier alpha value is -3.02. The first-order valence-corrected chi connectivity index (χ1v) is 16.0. The second kappa shape index (κ2) is 10.8. The maximum Gasteiger partial charge on any atom is 0.433 e. The summed E-state index contributed by atoms with van der Waals surface area (Å²) in [5, 5.41) is 16.8. The number of aromatic nitrogens is 3. The number of carbonyl (C=O) groups excluding carboxylic acids is 1. The van der Waals surface area contributed by atoms with Crippen molar-refractivity contribution in [3.63, 3.8) is 0 Å². The summed E-state index contributed by atoms with van der Waals surface area (Å²) in [6.07, 6.45) is 7.54. The molecule has 2 aromatic heterocycles. The SMILES string of the molecule is CN1CCC2(CCC(CN3CCC(n4cc5cc6c(cc5n4)C(C)(O)N6C(=O)c4cccc(C(F)(F)F)n4)CC3)CC2)CC1. The third-order valence-corrected chi connectivity index (χ3v) is 10.9. The number of likely N-dealkylation sites (tertiary alicyclic amines) is 2. The minimum Gasteiger partial charge on any atom is -0.366 e. The number of hydrogen-bond donors (Lipinski definition) is 1. The molecule has 1 atom stereocenters. The minimum absolute atomic E-state index is 0.271. The van der Waals surface area contributed by atoms with Gasteiger partial charge in [-0.15, -0.1) is 0 Å². The highest BCUT2D eigenvalue weighted by atomic mass is 19.4. The van der Waals surface area contributed by atoms with Crippen LogP contribution in [0.1, 0.15) is 86.1 Å². The average molecular weight is 611 g/mol. The molecule has 0 radical (unpaired) electrons. The number of fused-ring (bicyclic) bond motifs is 2. The monoisotopic (exact) mass is 610 g/mol. The van der Waals surface area contributed by atoms with Crippen LogP contribution in [0.2, 0.25) is 0 Å². The van der Waals surface area contributed by atoms with E-state index in [1.807, 2.05) is 10.9 Å². The van der Waals surface area contributed by atoms with E-state index in [0.29, 0.717) is 16.7 Å². The molecule has 3 aromatic rings. The molecule has 236 valence electrons. The molecule has 4 aliphatic rings. The molecule has 1 saturated carbocycles. The largest absolute Gasteiger partial charge is 0.433 e. The minimum atomic E-state index is -4.67. The van der Waals surface area contributed by atoms with Crippen molar-refractivity contribution >= 4 is 22.5 Å². The standard InChI is InChI=1S/C33H41F3N6O2/c1-31(44)25-19-27-23(18-28(25)42(31)30(43)26-4-3-5-29(37-26)33(34,35)36)21-41(38-27)24-8-14-40(15-9-24)20-22-6-10-32(11-7-22)12-16-39(2)17-13-32/h3-5,18-19,21-22,24,44H,6-17,20H2,1-2H3. The number of hydrogen-bond acceptors (Lipinski definition) is 6. The third-order valence-electron chi connectivity index (χ3n) is 10.9. The van der Waals surface area contributed by atoms with Crippen molar-refractivity contribution < 1.29 is 23.1 Å². The highest BCUT2D eigenvalue weighted by Gasteiger charge is 2.49. The lowest BCUT2D eigenvalue weighted by molar-refractivity contribution is -0.141. The lowest BCUT2D eigenvalue weighted by Crippen LogP contribution is -2.56. The van der Waals surface area contributed by atoms with Crippen LogP contribution < -0.4 is 4.90 Å². The van der Waals surface area contributed by atoms with Gasteiger partial charge in [-0.3, -0.25) is 14.4 Å². The van der Waals surface area contributed by atoms with Gasteiger partial charge >= 0.3 is 6.18 Å². The van der Waals surface area contributed by atoms with Crippen molar-refractivity contribution in [2.45, 2.75) is 76.2 Å². The van der Waals surface area contributed by atoms with Crippen LogP contribution in [0.15, 0.2) is 36.5 Å². The molecule has 44 heavy (non-hydrogen) atoms. The van der Waals surface area contributed by atoms with Gasteiger partial charge in [0.1, 0.15) is 11.4 Å². The number of piperidine rings is 2. The first-order valence-electron chi connectivity index (χ1n) is 16.0. The van der Waals surface area contributed by atoms with Crippen molar-refractivity contribution in [3.05, 3.63) is 53.5 Å². The zero-order valence-electron chi connectivity index (χ0n) is 25.5. The highest BCUT2D eigenvalue weighted by molar-refractivity contribution is 6.10. The van der Waals surface area contributed by atoms with Gasteiger partial charge in [0.2, 0.25) is 0 Å². The van der Waals surface area contributed by atoms with Crippen LogP contribution in [0, 0.1) is 11.3 Å². The van der Waals surface area contributed by atoms with E-state index in [9.17, 15) is 23.1 Å². The summed E-state index contributed by atoms with van der Waals surface area (Å²) in [6.45, 7) is 7.23. The molecule has 8 nitrogen and oxygen atoms in total. The normalized spacial score (nSPS) is 25.4. The van der Waals surface area contributed by atoms with Gasteiger partial charge < -0.3 is 14.9 Å². The van der Waals surface area contributed by atoms with Crippen LogP contribution in [0.4, 0.5) is 18.9 Å². The van der Waals surface area contributed by atoms with Crippen molar-refractivity contribution in [3.8, 4) is 0 Å². The Morgan fingerprint density at radius 1 is 1.02 bits per heavy atom. The summed E-state index contributed by atoms with van der Waals surface area (Å²) in [5.74, 6) is 0.0133. The fourth-order valence-corrected chi connectivity index (χ4v) is 8.06. The van der Waals surface area contributed by atoms with Crippen molar-refractivity contribution in [1.29, 1.82) is 0 Å². The van der Waals surface area contributed by atoms with E-state index in [0.717, 1.165) is 59.8 Å². The van der Waals surface area contributed by atoms with E-state index in [1.54, 1.807) is 12.1 Å². The summed E-state index contributed by atoms with van der Waals surface area (Å²) in [7, 11) is 2.24. The Balaban J connectivity index is 0.993. The molecule has 1 N–H and O–H groups in total. The average Bonchev–Trinajstić information content (AvgIpc) is 3.43. The lowest BCUT2D eigenvalue weighted by atomic mass is 9.65. The van der Waals surface area contributed by atoms with E-state index < -0.39 is 23.5 Å². The number of benzene rings is 1. The first-order chi connectivity index (χ1) is 20.9. The Kier molecular flexibility index (Phi) is 7.29. The lowest BCUT2D eigenvalue weighted by Gasteiger charge is -2.47. The Morgan fingerprint density at radius 3 is 2.41 bits per heavy atom. The van der Waals surface area contributed by atoms with E-state index in [2.05, 4.69) is 21.8 Å². The first kappa shape index (κ1) is 29.7. The van der Waals surface area contributed by atoms with Crippen LogP contribution >= 0.6 is 0 Å².